The van der Waals surface area contributed by atoms with Gasteiger partial charge in [-0.1, -0.05) is 18.2 Å². The van der Waals surface area contributed by atoms with Crippen molar-refractivity contribution in [1.29, 1.82) is 0 Å². The zero-order chi connectivity index (χ0) is 16.9. The zero-order valence-corrected chi connectivity index (χ0v) is 13.2. The van der Waals surface area contributed by atoms with Crippen molar-refractivity contribution in [2.75, 3.05) is 0 Å². The Labute approximate surface area is 139 Å². The number of amides is 1. The number of rotatable bonds is 6. The van der Waals surface area contributed by atoms with E-state index in [0.717, 1.165) is 30.4 Å². The summed E-state index contributed by atoms with van der Waals surface area (Å²) in [5.41, 5.74) is 0.827. The van der Waals surface area contributed by atoms with Crippen LogP contribution >= 0.6 is 0 Å². The number of ether oxygens (including phenoxy) is 1. The predicted molar refractivity (Wildman–Crippen MR) is 86.2 cm³/mol. The fourth-order valence-corrected chi connectivity index (χ4v) is 2.78. The lowest BCUT2D eigenvalue weighted by Gasteiger charge is -2.16. The van der Waals surface area contributed by atoms with E-state index in [1.54, 1.807) is 0 Å². The highest BCUT2D eigenvalue weighted by atomic mass is 16.5. The topological polar surface area (TPSA) is 88.8 Å². The van der Waals surface area contributed by atoms with E-state index in [2.05, 4.69) is 5.32 Å². The van der Waals surface area contributed by atoms with Crippen LogP contribution in [0.25, 0.3) is 0 Å². The lowest BCUT2D eigenvalue weighted by Crippen LogP contribution is -2.23. The summed E-state index contributed by atoms with van der Waals surface area (Å²) in [6, 6.07) is 8.79. The molecule has 3 rings (SSSR count). The molecule has 0 spiro atoms. The number of hydrogen-bond acceptors (Lipinski definition) is 4. The van der Waals surface area contributed by atoms with E-state index in [0.29, 0.717) is 0 Å². The number of carboxylic acids is 1. The minimum absolute atomic E-state index is 0.0263. The highest BCUT2D eigenvalue weighted by molar-refractivity contribution is 5.95. The third kappa shape index (κ3) is 3.76. The summed E-state index contributed by atoms with van der Waals surface area (Å²) >= 11 is 0. The summed E-state index contributed by atoms with van der Waals surface area (Å²) in [6.45, 7) is 0.283. The molecule has 0 saturated heterocycles. The SMILES string of the molecule is O=C(O)c1coc(C(=O)NCc2ccccc2OC2CCCC2)c1. The van der Waals surface area contributed by atoms with E-state index in [1.807, 2.05) is 24.3 Å². The number of furan rings is 1. The Bertz CT molecular complexity index is 731. The summed E-state index contributed by atoms with van der Waals surface area (Å²) in [5, 5.41) is 11.6. The van der Waals surface area contributed by atoms with Crippen molar-refractivity contribution in [3.63, 3.8) is 0 Å². The number of para-hydroxylation sites is 1. The average Bonchev–Trinajstić information content (AvgIpc) is 3.25. The number of hydrogen-bond donors (Lipinski definition) is 2. The number of aromatic carboxylic acids is 1. The van der Waals surface area contributed by atoms with Gasteiger partial charge in [0.1, 0.15) is 12.0 Å². The number of carbonyl (C=O) groups excluding carboxylic acids is 1. The maximum absolute atomic E-state index is 12.1. The average molecular weight is 329 g/mol. The summed E-state index contributed by atoms with van der Waals surface area (Å²) in [4.78, 5) is 22.9. The van der Waals surface area contributed by atoms with Crippen LogP contribution in [0.15, 0.2) is 41.0 Å². The van der Waals surface area contributed by atoms with Crippen LogP contribution in [0.3, 0.4) is 0 Å². The van der Waals surface area contributed by atoms with Gasteiger partial charge in [0.2, 0.25) is 0 Å². The quantitative estimate of drug-likeness (QED) is 0.849. The molecule has 1 amide bonds. The second kappa shape index (κ2) is 7.21. The molecule has 0 bridgehead atoms. The predicted octanol–water partition coefficient (Wildman–Crippen LogP) is 3.23. The Balaban J connectivity index is 1.63. The van der Waals surface area contributed by atoms with Gasteiger partial charge in [-0.25, -0.2) is 4.79 Å². The summed E-state index contributed by atoms with van der Waals surface area (Å²) < 4.78 is 11.0. The van der Waals surface area contributed by atoms with Gasteiger partial charge in [0.25, 0.3) is 5.91 Å². The second-order valence-electron chi connectivity index (χ2n) is 5.82. The Morgan fingerprint density at radius 3 is 2.71 bits per heavy atom. The van der Waals surface area contributed by atoms with E-state index < -0.39 is 11.9 Å². The molecule has 1 aromatic carbocycles. The van der Waals surface area contributed by atoms with E-state index in [9.17, 15) is 9.59 Å². The molecule has 0 radical (unpaired) electrons. The molecule has 2 aromatic rings. The van der Waals surface area contributed by atoms with Crippen molar-refractivity contribution in [2.24, 2.45) is 0 Å². The summed E-state index contributed by atoms with van der Waals surface area (Å²) in [7, 11) is 0. The molecule has 2 N–H and O–H groups in total. The van der Waals surface area contributed by atoms with Crippen LogP contribution < -0.4 is 10.1 Å². The molecule has 0 aliphatic heterocycles. The molecule has 0 atom stereocenters. The van der Waals surface area contributed by atoms with Gasteiger partial charge in [0.15, 0.2) is 5.76 Å². The molecular formula is C18H19NO5. The van der Waals surface area contributed by atoms with Gasteiger partial charge < -0.3 is 19.6 Å². The van der Waals surface area contributed by atoms with Crippen LogP contribution in [-0.4, -0.2) is 23.1 Å². The summed E-state index contributed by atoms with van der Waals surface area (Å²) in [5.74, 6) is -0.844. The molecule has 1 fully saturated rings. The first-order valence-corrected chi connectivity index (χ1v) is 7.98. The monoisotopic (exact) mass is 329 g/mol. The van der Waals surface area contributed by atoms with Crippen molar-refractivity contribution < 1.29 is 23.8 Å². The third-order valence-corrected chi connectivity index (χ3v) is 4.08. The highest BCUT2D eigenvalue weighted by Gasteiger charge is 2.18. The summed E-state index contributed by atoms with van der Waals surface area (Å²) in [6.07, 6.45) is 5.79. The molecular weight excluding hydrogens is 310 g/mol. The molecule has 1 aliphatic rings. The van der Waals surface area contributed by atoms with Crippen LogP contribution in [0.2, 0.25) is 0 Å². The molecule has 1 aromatic heterocycles. The maximum Gasteiger partial charge on any atom is 0.338 e. The molecule has 6 nitrogen and oxygen atoms in total. The van der Waals surface area contributed by atoms with Gasteiger partial charge >= 0.3 is 5.97 Å². The first kappa shape index (κ1) is 16.1. The minimum atomic E-state index is -1.13. The third-order valence-electron chi connectivity index (χ3n) is 4.08. The number of carbonyl (C=O) groups is 2. The van der Waals surface area contributed by atoms with Crippen molar-refractivity contribution in [2.45, 2.75) is 38.3 Å². The van der Waals surface area contributed by atoms with Gasteiger partial charge in [0.05, 0.1) is 11.7 Å². The Hall–Kier alpha value is -2.76. The van der Waals surface area contributed by atoms with Gasteiger partial charge in [0, 0.05) is 18.2 Å². The fraction of sp³-hybridized carbons (Fsp3) is 0.333. The van der Waals surface area contributed by atoms with Crippen molar-refractivity contribution in [3.05, 3.63) is 53.5 Å². The lowest BCUT2D eigenvalue weighted by molar-refractivity contribution is 0.0695. The van der Waals surface area contributed by atoms with Crippen LogP contribution in [-0.2, 0) is 6.54 Å². The van der Waals surface area contributed by atoms with E-state index in [4.69, 9.17) is 14.3 Å². The van der Waals surface area contributed by atoms with Crippen molar-refractivity contribution >= 4 is 11.9 Å². The Morgan fingerprint density at radius 1 is 1.25 bits per heavy atom. The molecule has 1 heterocycles. The number of nitrogens with one attached hydrogen (secondary N) is 1. The van der Waals surface area contributed by atoms with E-state index >= 15 is 0 Å². The molecule has 126 valence electrons. The first-order chi connectivity index (χ1) is 11.6. The van der Waals surface area contributed by atoms with Crippen LogP contribution in [0.4, 0.5) is 0 Å². The van der Waals surface area contributed by atoms with Gasteiger partial charge in [-0.15, -0.1) is 0 Å². The van der Waals surface area contributed by atoms with Gasteiger partial charge in [-0.3, -0.25) is 4.79 Å². The smallest absolute Gasteiger partial charge is 0.338 e. The van der Waals surface area contributed by atoms with Gasteiger partial charge in [-0.2, -0.15) is 0 Å². The first-order valence-electron chi connectivity index (χ1n) is 7.98. The van der Waals surface area contributed by atoms with E-state index in [1.165, 1.54) is 18.9 Å². The zero-order valence-electron chi connectivity index (χ0n) is 13.2. The standard InChI is InChI=1S/C18H19NO5/c20-17(16-9-13(11-23-16)18(21)22)19-10-12-5-1-4-8-15(12)24-14-6-2-3-7-14/h1,4-5,8-9,11,14H,2-3,6-7,10H2,(H,19,20)(H,21,22). The fourth-order valence-electron chi connectivity index (χ4n) is 2.78. The molecule has 0 unspecified atom stereocenters. The Kier molecular flexibility index (Phi) is 4.84. The minimum Gasteiger partial charge on any atom is -0.490 e. The molecule has 24 heavy (non-hydrogen) atoms. The van der Waals surface area contributed by atoms with E-state index in [-0.39, 0.29) is 24.0 Å². The van der Waals surface area contributed by atoms with Crippen LogP contribution in [0.5, 0.6) is 5.75 Å². The van der Waals surface area contributed by atoms with Crippen molar-refractivity contribution in [3.8, 4) is 5.75 Å². The normalized spacial score (nSPS) is 14.5. The molecule has 1 aliphatic carbocycles. The Morgan fingerprint density at radius 2 is 2.00 bits per heavy atom. The van der Waals surface area contributed by atoms with Crippen LogP contribution in [0.1, 0.15) is 52.2 Å². The van der Waals surface area contributed by atoms with Gasteiger partial charge in [-0.05, 0) is 31.7 Å². The maximum atomic E-state index is 12.1. The number of benzene rings is 1. The molecule has 6 heteroatoms. The molecule has 1 saturated carbocycles. The second-order valence-corrected chi connectivity index (χ2v) is 5.82. The lowest BCUT2D eigenvalue weighted by atomic mass is 10.2. The van der Waals surface area contributed by atoms with Crippen LogP contribution in [0, 0.1) is 0 Å². The largest absolute Gasteiger partial charge is 0.490 e. The number of carboxylic acid groups (broad SMARTS) is 1. The highest BCUT2D eigenvalue weighted by Crippen LogP contribution is 2.26. The van der Waals surface area contributed by atoms with Crippen molar-refractivity contribution in [1.82, 2.24) is 5.32 Å².